The summed E-state index contributed by atoms with van der Waals surface area (Å²) < 4.78 is 42.6. The Bertz CT molecular complexity index is 644. The molecule has 0 fully saturated rings. The van der Waals surface area contributed by atoms with Crippen LogP contribution in [0.1, 0.15) is 10.5 Å². The Kier molecular flexibility index (Phi) is 5.20. The van der Waals surface area contributed by atoms with E-state index < -0.39 is 18.7 Å². The fourth-order valence-corrected chi connectivity index (χ4v) is 1.75. The van der Waals surface area contributed by atoms with Crippen molar-refractivity contribution in [2.75, 3.05) is 20.2 Å². The molecule has 6 nitrogen and oxygen atoms in total. The van der Waals surface area contributed by atoms with Crippen molar-refractivity contribution in [3.63, 3.8) is 0 Å². The van der Waals surface area contributed by atoms with Gasteiger partial charge in [0.05, 0.1) is 6.54 Å². The van der Waals surface area contributed by atoms with Crippen molar-refractivity contribution in [3.8, 4) is 5.88 Å². The van der Waals surface area contributed by atoms with Gasteiger partial charge in [0, 0.05) is 32.1 Å². The molecule has 9 heteroatoms. The monoisotopic (exact) mass is 328 g/mol. The number of rotatable bonds is 6. The number of hydrogen-bond donors (Lipinski definition) is 0. The number of likely N-dealkylation sites (N-methyl/N-ethyl adjacent to an activating group) is 1. The van der Waals surface area contributed by atoms with Crippen LogP contribution < -0.4 is 4.74 Å². The number of pyridine rings is 1. The van der Waals surface area contributed by atoms with Crippen molar-refractivity contribution in [1.82, 2.24) is 19.7 Å². The second kappa shape index (κ2) is 7.12. The molecule has 0 aliphatic rings. The Morgan fingerprint density at radius 2 is 2.13 bits per heavy atom. The number of carbonyl (C=O) groups excluding carboxylic acids is 1. The number of halogens is 3. The fourth-order valence-electron chi connectivity index (χ4n) is 1.75. The van der Waals surface area contributed by atoms with E-state index in [1.165, 1.54) is 23.1 Å². The van der Waals surface area contributed by atoms with Crippen LogP contribution in [0.15, 0.2) is 36.7 Å². The van der Waals surface area contributed by atoms with E-state index >= 15 is 0 Å². The Hall–Kier alpha value is -2.58. The Morgan fingerprint density at radius 3 is 2.78 bits per heavy atom. The first kappa shape index (κ1) is 16.8. The van der Waals surface area contributed by atoms with Crippen LogP contribution in [-0.2, 0) is 6.54 Å². The molecule has 0 spiro atoms. The number of alkyl halides is 3. The van der Waals surface area contributed by atoms with Crippen LogP contribution in [0.4, 0.5) is 13.2 Å². The molecule has 0 saturated heterocycles. The SMILES string of the molecule is CN(CCn1cccn1)C(=O)c1cccc(OCC(F)(F)F)n1. The third-order valence-electron chi connectivity index (χ3n) is 2.90. The maximum Gasteiger partial charge on any atom is 0.422 e. The lowest BCUT2D eigenvalue weighted by atomic mass is 10.3. The van der Waals surface area contributed by atoms with Gasteiger partial charge in [-0.05, 0) is 12.1 Å². The van der Waals surface area contributed by atoms with Crippen LogP contribution in [0.25, 0.3) is 0 Å². The minimum atomic E-state index is -4.46. The lowest BCUT2D eigenvalue weighted by Crippen LogP contribution is -2.31. The van der Waals surface area contributed by atoms with Crippen LogP contribution in [0.5, 0.6) is 5.88 Å². The summed E-state index contributed by atoms with van der Waals surface area (Å²) >= 11 is 0. The summed E-state index contributed by atoms with van der Waals surface area (Å²) in [6.07, 6.45) is -1.06. The van der Waals surface area contributed by atoms with Gasteiger partial charge in [-0.1, -0.05) is 6.07 Å². The standard InChI is InChI=1S/C14H15F3N4O2/c1-20(8-9-21-7-3-6-18-21)13(22)11-4-2-5-12(19-11)23-10-14(15,16)17/h2-7H,8-10H2,1H3. The van der Waals surface area contributed by atoms with E-state index in [1.807, 2.05) is 0 Å². The minimum absolute atomic E-state index is 0.0210. The topological polar surface area (TPSA) is 60.2 Å². The first-order valence-electron chi connectivity index (χ1n) is 6.74. The summed E-state index contributed by atoms with van der Waals surface area (Å²) in [4.78, 5) is 17.4. The molecule has 0 bridgehead atoms. The molecule has 0 aromatic carbocycles. The summed E-state index contributed by atoms with van der Waals surface area (Å²) in [5.41, 5.74) is 0.0210. The van der Waals surface area contributed by atoms with Crippen LogP contribution >= 0.6 is 0 Å². The molecular weight excluding hydrogens is 313 g/mol. The number of hydrogen-bond acceptors (Lipinski definition) is 4. The van der Waals surface area contributed by atoms with Gasteiger partial charge < -0.3 is 9.64 Å². The second-order valence-electron chi connectivity index (χ2n) is 4.76. The van der Waals surface area contributed by atoms with Crippen molar-refractivity contribution in [2.45, 2.75) is 12.7 Å². The lowest BCUT2D eigenvalue weighted by Gasteiger charge is -2.17. The smallest absolute Gasteiger partial charge is 0.422 e. The van der Waals surface area contributed by atoms with Gasteiger partial charge in [0.2, 0.25) is 5.88 Å². The van der Waals surface area contributed by atoms with E-state index in [2.05, 4.69) is 14.8 Å². The van der Waals surface area contributed by atoms with Gasteiger partial charge in [-0.3, -0.25) is 9.48 Å². The average Bonchev–Trinajstić information content (AvgIpc) is 3.03. The highest BCUT2D eigenvalue weighted by molar-refractivity contribution is 5.92. The van der Waals surface area contributed by atoms with Crippen molar-refractivity contribution < 1.29 is 22.7 Å². The zero-order valence-corrected chi connectivity index (χ0v) is 12.3. The molecule has 2 aromatic heterocycles. The van der Waals surface area contributed by atoms with E-state index in [0.717, 1.165) is 0 Å². The second-order valence-corrected chi connectivity index (χ2v) is 4.76. The van der Waals surface area contributed by atoms with Crippen LogP contribution in [0, 0.1) is 0 Å². The Balaban J connectivity index is 1.95. The lowest BCUT2D eigenvalue weighted by molar-refractivity contribution is -0.154. The van der Waals surface area contributed by atoms with Crippen LogP contribution in [0.2, 0.25) is 0 Å². The number of carbonyl (C=O) groups is 1. The molecule has 0 radical (unpaired) electrons. The molecule has 2 heterocycles. The number of nitrogens with zero attached hydrogens (tertiary/aromatic N) is 4. The molecule has 0 saturated carbocycles. The molecule has 0 aliphatic heterocycles. The molecule has 2 rings (SSSR count). The highest BCUT2D eigenvalue weighted by Gasteiger charge is 2.28. The number of amides is 1. The highest BCUT2D eigenvalue weighted by atomic mass is 19.4. The van der Waals surface area contributed by atoms with Crippen molar-refractivity contribution in [2.24, 2.45) is 0 Å². The zero-order valence-electron chi connectivity index (χ0n) is 12.3. The molecule has 2 aromatic rings. The van der Waals surface area contributed by atoms with Crippen molar-refractivity contribution in [1.29, 1.82) is 0 Å². The van der Waals surface area contributed by atoms with Crippen LogP contribution in [-0.4, -0.2) is 51.9 Å². The predicted octanol–water partition coefficient (Wildman–Crippen LogP) is 1.99. The molecule has 23 heavy (non-hydrogen) atoms. The van der Waals surface area contributed by atoms with E-state index in [9.17, 15) is 18.0 Å². The van der Waals surface area contributed by atoms with E-state index in [1.54, 1.807) is 30.2 Å². The molecule has 124 valence electrons. The largest absolute Gasteiger partial charge is 0.468 e. The molecule has 1 amide bonds. The number of aromatic nitrogens is 3. The first-order valence-corrected chi connectivity index (χ1v) is 6.74. The third kappa shape index (κ3) is 5.28. The van der Waals surface area contributed by atoms with E-state index in [0.29, 0.717) is 13.1 Å². The number of ether oxygens (including phenoxy) is 1. The summed E-state index contributed by atoms with van der Waals surface area (Å²) in [5, 5.41) is 4.02. The summed E-state index contributed by atoms with van der Waals surface area (Å²) in [5.74, 6) is -0.650. The highest BCUT2D eigenvalue weighted by Crippen LogP contribution is 2.17. The summed E-state index contributed by atoms with van der Waals surface area (Å²) in [6.45, 7) is -0.567. The molecule has 0 atom stereocenters. The first-order chi connectivity index (χ1) is 10.8. The van der Waals surface area contributed by atoms with Gasteiger partial charge >= 0.3 is 6.18 Å². The van der Waals surface area contributed by atoms with Gasteiger partial charge in [-0.25, -0.2) is 4.98 Å². The Morgan fingerprint density at radius 1 is 1.35 bits per heavy atom. The summed E-state index contributed by atoms with van der Waals surface area (Å²) in [6, 6.07) is 5.89. The zero-order chi connectivity index (χ0) is 16.9. The van der Waals surface area contributed by atoms with Gasteiger partial charge in [0.15, 0.2) is 6.61 Å². The fraction of sp³-hybridized carbons (Fsp3) is 0.357. The normalized spacial score (nSPS) is 11.3. The predicted molar refractivity (Wildman–Crippen MR) is 75.0 cm³/mol. The minimum Gasteiger partial charge on any atom is -0.468 e. The van der Waals surface area contributed by atoms with E-state index in [-0.39, 0.29) is 11.6 Å². The molecule has 0 aliphatic carbocycles. The third-order valence-corrected chi connectivity index (χ3v) is 2.90. The average molecular weight is 328 g/mol. The van der Waals surface area contributed by atoms with Crippen molar-refractivity contribution >= 4 is 5.91 Å². The Labute approximate surface area is 130 Å². The maximum atomic E-state index is 12.2. The molecular formula is C14H15F3N4O2. The van der Waals surface area contributed by atoms with E-state index in [4.69, 9.17) is 0 Å². The quantitative estimate of drug-likeness (QED) is 0.814. The van der Waals surface area contributed by atoms with Gasteiger partial charge in [0.1, 0.15) is 5.69 Å². The molecule has 0 unspecified atom stereocenters. The van der Waals surface area contributed by atoms with Gasteiger partial charge in [0.25, 0.3) is 5.91 Å². The van der Waals surface area contributed by atoms with Gasteiger partial charge in [-0.15, -0.1) is 0 Å². The van der Waals surface area contributed by atoms with Gasteiger partial charge in [-0.2, -0.15) is 18.3 Å². The van der Waals surface area contributed by atoms with Crippen molar-refractivity contribution in [3.05, 3.63) is 42.4 Å². The summed E-state index contributed by atoms with van der Waals surface area (Å²) in [7, 11) is 1.58. The van der Waals surface area contributed by atoms with Crippen LogP contribution in [0.3, 0.4) is 0 Å². The maximum absolute atomic E-state index is 12.2. The molecule has 0 N–H and O–H groups in total.